The summed E-state index contributed by atoms with van der Waals surface area (Å²) in [6.07, 6.45) is 1.24. The lowest BCUT2D eigenvalue weighted by molar-refractivity contribution is -0.385. The highest BCUT2D eigenvalue weighted by atomic mass is 19.1. The molecule has 0 fully saturated rings. The van der Waals surface area contributed by atoms with Crippen molar-refractivity contribution >= 4 is 11.5 Å². The molecule has 0 radical (unpaired) electrons. The van der Waals surface area contributed by atoms with Crippen LogP contribution in [0.2, 0.25) is 0 Å². The summed E-state index contributed by atoms with van der Waals surface area (Å²) in [5, 5.41) is 18.0. The number of nitrogens with one attached hydrogen (secondary N) is 1. The number of hydrogen-bond donors (Lipinski definition) is 2. The zero-order valence-corrected chi connectivity index (χ0v) is 9.91. The molecule has 0 aliphatic carbocycles. The van der Waals surface area contributed by atoms with E-state index >= 15 is 0 Å². The third-order valence-corrected chi connectivity index (χ3v) is 2.25. The molecule has 0 aliphatic heterocycles. The van der Waals surface area contributed by atoms with E-state index in [1.165, 1.54) is 18.3 Å². The Labute approximate surface area is 111 Å². The molecule has 0 unspecified atom stereocenters. The number of aromatic nitrogens is 2. The van der Waals surface area contributed by atoms with E-state index in [2.05, 4.69) is 9.97 Å². The van der Waals surface area contributed by atoms with Crippen LogP contribution in [0.4, 0.5) is 10.1 Å². The Morgan fingerprint density at radius 2 is 2.20 bits per heavy atom. The van der Waals surface area contributed by atoms with Crippen LogP contribution in [0.5, 0.6) is 11.8 Å². The second-order valence-corrected chi connectivity index (χ2v) is 3.59. The summed E-state index contributed by atoms with van der Waals surface area (Å²) in [7, 11) is 0. The van der Waals surface area contributed by atoms with E-state index in [1.54, 1.807) is 0 Å². The molecule has 1 heterocycles. The Kier molecular flexibility index (Phi) is 3.51. The van der Waals surface area contributed by atoms with Crippen LogP contribution in [-0.2, 0) is 0 Å². The van der Waals surface area contributed by atoms with Gasteiger partial charge in [0.2, 0.25) is 5.75 Å². The number of nitrogens with two attached hydrogens (primary N) is 1. The van der Waals surface area contributed by atoms with Gasteiger partial charge in [0.05, 0.1) is 4.92 Å². The van der Waals surface area contributed by atoms with Gasteiger partial charge in [0.25, 0.3) is 0 Å². The minimum Gasteiger partial charge on any atom is -0.414 e. The molecule has 2 rings (SSSR count). The van der Waals surface area contributed by atoms with Gasteiger partial charge in [-0.3, -0.25) is 15.5 Å². The second-order valence-electron chi connectivity index (χ2n) is 3.59. The van der Waals surface area contributed by atoms with Crippen LogP contribution in [0.3, 0.4) is 0 Å². The molecular weight excluding hydrogens is 269 g/mol. The van der Waals surface area contributed by atoms with Crippen molar-refractivity contribution in [2.45, 2.75) is 0 Å². The van der Waals surface area contributed by atoms with E-state index in [-0.39, 0.29) is 17.5 Å². The van der Waals surface area contributed by atoms with Crippen molar-refractivity contribution in [2.24, 2.45) is 5.73 Å². The van der Waals surface area contributed by atoms with E-state index in [9.17, 15) is 14.5 Å². The molecule has 0 saturated carbocycles. The molecule has 20 heavy (non-hydrogen) atoms. The number of halogens is 1. The summed E-state index contributed by atoms with van der Waals surface area (Å²) < 4.78 is 18.6. The van der Waals surface area contributed by atoms with Crippen LogP contribution < -0.4 is 10.5 Å². The number of ether oxygens (including phenoxy) is 1. The van der Waals surface area contributed by atoms with Crippen LogP contribution in [0, 0.1) is 21.3 Å². The number of nitrogens with zero attached hydrogens (tertiary/aromatic N) is 3. The first-order valence-electron chi connectivity index (χ1n) is 5.27. The zero-order chi connectivity index (χ0) is 14.7. The summed E-state index contributed by atoms with van der Waals surface area (Å²) in [5.41, 5.74) is 4.75. The van der Waals surface area contributed by atoms with Crippen LogP contribution >= 0.6 is 0 Å². The van der Waals surface area contributed by atoms with Crippen molar-refractivity contribution in [3.8, 4) is 11.8 Å². The number of nitro groups is 1. The average molecular weight is 277 g/mol. The van der Waals surface area contributed by atoms with E-state index in [0.29, 0.717) is 0 Å². The number of benzene rings is 1. The van der Waals surface area contributed by atoms with Crippen LogP contribution in [-0.4, -0.2) is 20.7 Å². The summed E-state index contributed by atoms with van der Waals surface area (Å²) in [5.74, 6) is -1.85. The van der Waals surface area contributed by atoms with Crippen LogP contribution in [0.1, 0.15) is 5.69 Å². The topological polar surface area (TPSA) is 128 Å². The lowest BCUT2D eigenvalue weighted by atomic mass is 10.3. The standard InChI is InChI=1S/C11H8FN5O3/c12-6-2-1-3-8(17(18)19)9(6)20-11-15-5-4-7(16-11)10(13)14/h1-5H,(H3,13,14). The third-order valence-electron chi connectivity index (χ3n) is 2.25. The maximum absolute atomic E-state index is 13.6. The minimum absolute atomic E-state index is 0.0639. The maximum Gasteiger partial charge on any atom is 0.322 e. The number of nitro benzene ring substituents is 1. The Balaban J connectivity index is 2.42. The Morgan fingerprint density at radius 3 is 2.85 bits per heavy atom. The van der Waals surface area contributed by atoms with Gasteiger partial charge < -0.3 is 10.5 Å². The molecule has 1 aromatic heterocycles. The monoisotopic (exact) mass is 277 g/mol. The number of rotatable bonds is 4. The summed E-state index contributed by atoms with van der Waals surface area (Å²) >= 11 is 0. The van der Waals surface area contributed by atoms with Crippen molar-refractivity contribution in [1.82, 2.24) is 9.97 Å². The average Bonchev–Trinajstić information content (AvgIpc) is 2.41. The molecule has 102 valence electrons. The molecule has 0 bridgehead atoms. The molecule has 8 nitrogen and oxygen atoms in total. The van der Waals surface area contributed by atoms with E-state index in [1.807, 2.05) is 0 Å². The molecule has 9 heteroatoms. The highest BCUT2D eigenvalue weighted by Crippen LogP contribution is 2.32. The smallest absolute Gasteiger partial charge is 0.322 e. The number of amidine groups is 1. The fourth-order valence-electron chi connectivity index (χ4n) is 1.37. The molecule has 1 aromatic carbocycles. The summed E-state index contributed by atoms with van der Waals surface area (Å²) in [6.45, 7) is 0. The van der Waals surface area contributed by atoms with E-state index < -0.39 is 22.2 Å². The first-order valence-corrected chi connectivity index (χ1v) is 5.27. The quantitative estimate of drug-likeness (QED) is 0.378. The molecule has 0 saturated heterocycles. The van der Waals surface area contributed by atoms with Gasteiger partial charge >= 0.3 is 11.7 Å². The zero-order valence-electron chi connectivity index (χ0n) is 9.91. The van der Waals surface area contributed by atoms with Gasteiger partial charge in [0.15, 0.2) is 5.82 Å². The Bertz CT molecular complexity index is 692. The highest BCUT2D eigenvalue weighted by molar-refractivity contribution is 5.92. The molecule has 0 aliphatic rings. The number of nitrogen functional groups attached to an aromatic ring is 1. The predicted octanol–water partition coefficient (Wildman–Crippen LogP) is 1.60. The van der Waals surface area contributed by atoms with Gasteiger partial charge in [-0.05, 0) is 12.1 Å². The SMILES string of the molecule is N=C(N)c1ccnc(Oc2c(F)cccc2[N+](=O)[O-])n1. The summed E-state index contributed by atoms with van der Waals surface area (Å²) in [6, 6.07) is 4.30. The van der Waals surface area contributed by atoms with Gasteiger partial charge in [-0.15, -0.1) is 0 Å². The van der Waals surface area contributed by atoms with Gasteiger partial charge in [-0.25, -0.2) is 9.37 Å². The highest BCUT2D eigenvalue weighted by Gasteiger charge is 2.21. The number of hydrogen-bond acceptors (Lipinski definition) is 6. The lowest BCUT2D eigenvalue weighted by Gasteiger charge is -2.06. The molecule has 0 amide bonds. The van der Waals surface area contributed by atoms with Crippen molar-refractivity contribution in [2.75, 3.05) is 0 Å². The largest absolute Gasteiger partial charge is 0.414 e. The predicted molar refractivity (Wildman–Crippen MR) is 66.2 cm³/mol. The Hall–Kier alpha value is -3.10. The van der Waals surface area contributed by atoms with Crippen molar-refractivity contribution in [1.29, 1.82) is 5.41 Å². The second kappa shape index (κ2) is 5.26. The Morgan fingerprint density at radius 1 is 1.45 bits per heavy atom. The van der Waals surface area contributed by atoms with Crippen molar-refractivity contribution in [3.63, 3.8) is 0 Å². The van der Waals surface area contributed by atoms with Gasteiger partial charge in [-0.1, -0.05) is 6.07 Å². The van der Waals surface area contributed by atoms with Gasteiger partial charge in [-0.2, -0.15) is 4.98 Å². The van der Waals surface area contributed by atoms with Crippen molar-refractivity contribution < 1.29 is 14.1 Å². The lowest BCUT2D eigenvalue weighted by Crippen LogP contribution is -2.13. The molecular formula is C11H8FN5O3. The number of para-hydroxylation sites is 1. The molecule has 0 spiro atoms. The fourth-order valence-corrected chi connectivity index (χ4v) is 1.37. The molecule has 3 N–H and O–H groups in total. The van der Waals surface area contributed by atoms with E-state index in [0.717, 1.165) is 12.1 Å². The summed E-state index contributed by atoms with van der Waals surface area (Å²) in [4.78, 5) is 17.4. The fraction of sp³-hybridized carbons (Fsp3) is 0. The van der Waals surface area contributed by atoms with Gasteiger partial charge in [0, 0.05) is 12.3 Å². The normalized spacial score (nSPS) is 10.1. The van der Waals surface area contributed by atoms with Gasteiger partial charge in [0.1, 0.15) is 11.5 Å². The first kappa shape index (κ1) is 13.3. The van der Waals surface area contributed by atoms with Crippen LogP contribution in [0.15, 0.2) is 30.5 Å². The van der Waals surface area contributed by atoms with E-state index in [4.69, 9.17) is 15.9 Å². The first-order chi connectivity index (χ1) is 9.49. The van der Waals surface area contributed by atoms with Crippen molar-refractivity contribution in [3.05, 3.63) is 52.1 Å². The third kappa shape index (κ3) is 2.66. The molecule has 0 atom stereocenters. The van der Waals surface area contributed by atoms with Crippen LogP contribution in [0.25, 0.3) is 0 Å². The minimum atomic E-state index is -0.920. The maximum atomic E-state index is 13.6. The molecule has 2 aromatic rings.